The first-order valence-corrected chi connectivity index (χ1v) is 11.6. The highest BCUT2D eigenvalue weighted by molar-refractivity contribution is 7.89. The molecule has 4 rings (SSSR count). The minimum absolute atomic E-state index is 0.0199. The molecule has 3 aromatic rings. The SMILES string of the molecule is C[S+]([O-])Cc1cc2cc(c1)Nc1ncc(F)c(n1)-c1ccc(F)cc1OCCCCN2. The quantitative estimate of drug-likeness (QED) is 0.561. The number of ether oxygens (including phenoxy) is 1. The van der Waals surface area contributed by atoms with Crippen molar-refractivity contribution in [1.82, 2.24) is 9.97 Å². The van der Waals surface area contributed by atoms with E-state index < -0.39 is 22.8 Å². The second kappa shape index (κ2) is 9.49. The average molecular weight is 445 g/mol. The van der Waals surface area contributed by atoms with Crippen LogP contribution < -0.4 is 15.4 Å². The van der Waals surface area contributed by atoms with E-state index in [2.05, 4.69) is 20.6 Å². The number of nitrogens with zero attached hydrogens (tertiary/aromatic N) is 2. The van der Waals surface area contributed by atoms with E-state index in [4.69, 9.17) is 4.74 Å². The summed E-state index contributed by atoms with van der Waals surface area (Å²) in [5.74, 6) is -0.277. The third-order valence-electron chi connectivity index (χ3n) is 4.72. The second-order valence-electron chi connectivity index (χ2n) is 7.27. The molecule has 2 aromatic carbocycles. The molecule has 0 saturated carbocycles. The number of aromatic nitrogens is 2. The normalized spacial score (nSPS) is 14.7. The molecule has 1 atom stereocenters. The maximum Gasteiger partial charge on any atom is 0.227 e. The van der Waals surface area contributed by atoms with E-state index in [-0.39, 0.29) is 17.4 Å². The van der Waals surface area contributed by atoms with Crippen molar-refractivity contribution < 1.29 is 18.1 Å². The summed E-state index contributed by atoms with van der Waals surface area (Å²) in [7, 11) is 0. The van der Waals surface area contributed by atoms with E-state index in [9.17, 15) is 13.3 Å². The molecule has 2 N–H and O–H groups in total. The summed E-state index contributed by atoms with van der Waals surface area (Å²) in [4.78, 5) is 8.36. The summed E-state index contributed by atoms with van der Waals surface area (Å²) in [6, 6.07) is 9.65. The summed E-state index contributed by atoms with van der Waals surface area (Å²) in [5, 5.41) is 6.45. The van der Waals surface area contributed by atoms with Crippen molar-refractivity contribution in [2.75, 3.05) is 30.0 Å². The fourth-order valence-corrected chi connectivity index (χ4v) is 4.02. The highest BCUT2D eigenvalue weighted by Gasteiger charge is 2.16. The van der Waals surface area contributed by atoms with Gasteiger partial charge < -0.3 is 19.9 Å². The lowest BCUT2D eigenvalue weighted by Crippen LogP contribution is -2.07. The van der Waals surface area contributed by atoms with Crippen molar-refractivity contribution >= 4 is 28.5 Å². The van der Waals surface area contributed by atoms with Gasteiger partial charge in [0.15, 0.2) is 5.82 Å². The number of benzene rings is 2. The van der Waals surface area contributed by atoms with Crippen LogP contribution >= 0.6 is 0 Å². The Bertz CT molecular complexity index is 1080. The number of nitrogens with one attached hydrogen (secondary N) is 2. The number of rotatable bonds is 2. The molecule has 0 amide bonds. The van der Waals surface area contributed by atoms with Crippen LogP contribution in [0.1, 0.15) is 18.4 Å². The monoisotopic (exact) mass is 444 g/mol. The summed E-state index contributed by atoms with van der Waals surface area (Å²) in [6.07, 6.45) is 4.27. The molecule has 0 radical (unpaired) electrons. The highest BCUT2D eigenvalue weighted by atomic mass is 32.2. The van der Waals surface area contributed by atoms with E-state index in [1.165, 1.54) is 18.2 Å². The fraction of sp³-hybridized carbons (Fsp3) is 0.273. The molecule has 0 fully saturated rings. The molecular weight excluding hydrogens is 422 g/mol. The molecule has 1 aliphatic heterocycles. The fourth-order valence-electron chi connectivity index (χ4n) is 3.38. The summed E-state index contributed by atoms with van der Waals surface area (Å²) in [6.45, 7) is 1.06. The standard InChI is InChI=1S/C22H22F2N4O2S/c1-31(29)13-14-8-16-11-17(9-14)27-22-26-12-19(24)21(28-22)18-5-4-15(23)10-20(18)30-7-3-2-6-25-16/h4-5,8-12,25H,2-3,6-7,13H2,1H3,(H,26,27,28). The zero-order valence-corrected chi connectivity index (χ0v) is 17.8. The van der Waals surface area contributed by atoms with Gasteiger partial charge in [0.2, 0.25) is 5.95 Å². The van der Waals surface area contributed by atoms with Gasteiger partial charge in [-0.15, -0.1) is 0 Å². The third kappa shape index (κ3) is 5.42. The molecule has 6 nitrogen and oxygen atoms in total. The lowest BCUT2D eigenvalue weighted by Gasteiger charge is -2.13. The van der Waals surface area contributed by atoms with Crippen molar-refractivity contribution in [3.05, 3.63) is 59.8 Å². The first-order valence-electron chi connectivity index (χ1n) is 9.88. The van der Waals surface area contributed by atoms with Gasteiger partial charge in [0.05, 0.1) is 19.1 Å². The molecule has 4 bridgehead atoms. The number of hydrogen-bond donors (Lipinski definition) is 2. The number of halogens is 2. The van der Waals surface area contributed by atoms with Gasteiger partial charge in [-0.1, -0.05) is 11.2 Å². The highest BCUT2D eigenvalue weighted by Crippen LogP contribution is 2.32. The maximum atomic E-state index is 14.6. The van der Waals surface area contributed by atoms with Crippen LogP contribution in [-0.2, 0) is 16.9 Å². The van der Waals surface area contributed by atoms with Crippen LogP contribution in [0.15, 0.2) is 42.6 Å². The Morgan fingerprint density at radius 1 is 1.13 bits per heavy atom. The van der Waals surface area contributed by atoms with Gasteiger partial charge in [-0.05, 0) is 43.2 Å². The molecule has 9 heteroatoms. The summed E-state index contributed by atoms with van der Waals surface area (Å²) >= 11 is -0.999. The molecule has 1 unspecified atom stereocenters. The molecule has 1 aromatic heterocycles. The molecule has 2 heterocycles. The van der Waals surface area contributed by atoms with Crippen LogP contribution in [0.2, 0.25) is 0 Å². The summed E-state index contributed by atoms with van der Waals surface area (Å²) < 4.78 is 45.9. The number of anilines is 3. The Hall–Kier alpha value is -2.91. The van der Waals surface area contributed by atoms with Crippen LogP contribution in [0.5, 0.6) is 5.75 Å². The Kier molecular flexibility index (Phi) is 6.53. The van der Waals surface area contributed by atoms with Crippen LogP contribution in [0.25, 0.3) is 11.3 Å². The molecular formula is C22H22F2N4O2S. The Morgan fingerprint density at radius 2 is 1.97 bits per heavy atom. The predicted molar refractivity (Wildman–Crippen MR) is 118 cm³/mol. The van der Waals surface area contributed by atoms with Gasteiger partial charge in [0.25, 0.3) is 0 Å². The second-order valence-corrected chi connectivity index (χ2v) is 8.71. The topological polar surface area (TPSA) is 82.1 Å². The maximum absolute atomic E-state index is 14.6. The molecule has 0 spiro atoms. The van der Waals surface area contributed by atoms with Gasteiger partial charge in [-0.25, -0.2) is 18.7 Å². The molecule has 1 aliphatic rings. The van der Waals surface area contributed by atoms with Crippen LogP contribution in [0, 0.1) is 11.6 Å². The van der Waals surface area contributed by atoms with E-state index in [0.29, 0.717) is 30.2 Å². The van der Waals surface area contributed by atoms with Crippen molar-refractivity contribution in [2.45, 2.75) is 18.6 Å². The minimum atomic E-state index is -0.999. The van der Waals surface area contributed by atoms with Gasteiger partial charge in [-0.2, -0.15) is 0 Å². The van der Waals surface area contributed by atoms with Crippen LogP contribution in [-0.4, -0.2) is 33.9 Å². The Balaban J connectivity index is 1.77. The van der Waals surface area contributed by atoms with Crippen LogP contribution in [0.4, 0.5) is 26.1 Å². The van der Waals surface area contributed by atoms with Gasteiger partial charge in [-0.3, -0.25) is 0 Å². The van der Waals surface area contributed by atoms with Crippen molar-refractivity contribution in [3.63, 3.8) is 0 Å². The molecule has 0 saturated heterocycles. The van der Waals surface area contributed by atoms with E-state index in [0.717, 1.165) is 30.3 Å². The largest absolute Gasteiger partial charge is 0.616 e. The summed E-state index contributed by atoms with van der Waals surface area (Å²) in [5.41, 5.74) is 2.83. The van der Waals surface area contributed by atoms with E-state index >= 15 is 0 Å². The predicted octanol–water partition coefficient (Wildman–Crippen LogP) is 4.63. The van der Waals surface area contributed by atoms with E-state index in [1.807, 2.05) is 18.2 Å². The van der Waals surface area contributed by atoms with Crippen molar-refractivity contribution in [2.24, 2.45) is 0 Å². The zero-order chi connectivity index (χ0) is 21.8. The first kappa shape index (κ1) is 21.3. The third-order valence-corrected chi connectivity index (χ3v) is 5.46. The number of fused-ring (bicyclic) bond motifs is 6. The van der Waals surface area contributed by atoms with Crippen molar-refractivity contribution in [3.8, 4) is 17.0 Å². The van der Waals surface area contributed by atoms with Crippen LogP contribution in [0.3, 0.4) is 0 Å². The first-order chi connectivity index (χ1) is 15.0. The molecule has 0 aliphatic carbocycles. The lowest BCUT2D eigenvalue weighted by molar-refractivity contribution is 0.308. The van der Waals surface area contributed by atoms with Crippen molar-refractivity contribution in [1.29, 1.82) is 0 Å². The Labute approximate surface area is 182 Å². The lowest BCUT2D eigenvalue weighted by atomic mass is 10.1. The Morgan fingerprint density at radius 3 is 2.81 bits per heavy atom. The van der Waals surface area contributed by atoms with E-state index in [1.54, 1.807) is 6.26 Å². The molecule has 162 valence electrons. The van der Waals surface area contributed by atoms with Gasteiger partial charge in [0, 0.05) is 35.1 Å². The zero-order valence-electron chi connectivity index (χ0n) is 17.0. The van der Waals surface area contributed by atoms with Gasteiger partial charge in [0.1, 0.15) is 23.0 Å². The number of hydrogen-bond acceptors (Lipinski definition) is 6. The van der Waals surface area contributed by atoms with Gasteiger partial charge >= 0.3 is 0 Å². The average Bonchev–Trinajstić information content (AvgIpc) is 2.71. The molecule has 31 heavy (non-hydrogen) atoms. The smallest absolute Gasteiger partial charge is 0.227 e. The minimum Gasteiger partial charge on any atom is -0.616 e.